The molecule has 0 aliphatic rings. The van der Waals surface area contributed by atoms with Crippen molar-refractivity contribution >= 4 is 11.9 Å². The van der Waals surface area contributed by atoms with Crippen molar-refractivity contribution in [1.29, 1.82) is 0 Å². The highest BCUT2D eigenvalue weighted by atomic mass is 16.5. The molecule has 0 bridgehead atoms. The number of methoxy groups -OCH3 is 1. The Labute approximate surface area is 118 Å². The van der Waals surface area contributed by atoms with Crippen LogP contribution in [0.1, 0.15) is 43.8 Å². The molecule has 2 N–H and O–H groups in total. The van der Waals surface area contributed by atoms with Crippen molar-refractivity contribution in [1.82, 2.24) is 10.6 Å². The number of amides is 1. The molecule has 1 heterocycles. The van der Waals surface area contributed by atoms with Crippen LogP contribution in [-0.4, -0.2) is 30.6 Å². The molecule has 1 unspecified atom stereocenters. The second kappa shape index (κ2) is 6.56. The molecular formula is C14H22N2O4. The largest absolute Gasteiger partial charge is 0.467 e. The third-order valence-electron chi connectivity index (χ3n) is 2.55. The van der Waals surface area contributed by atoms with E-state index in [1.807, 2.05) is 20.8 Å². The van der Waals surface area contributed by atoms with Crippen LogP contribution in [0.5, 0.6) is 0 Å². The Kier molecular flexibility index (Phi) is 5.33. The molecule has 112 valence electrons. The maximum absolute atomic E-state index is 11.9. The molecule has 0 aliphatic carbocycles. The first kappa shape index (κ1) is 16.2. The number of hydrogen-bond donors (Lipinski definition) is 2. The third kappa shape index (κ3) is 5.05. The van der Waals surface area contributed by atoms with Gasteiger partial charge in [-0.2, -0.15) is 0 Å². The van der Waals surface area contributed by atoms with E-state index >= 15 is 0 Å². The van der Waals surface area contributed by atoms with Crippen molar-refractivity contribution in [3.05, 3.63) is 23.7 Å². The average molecular weight is 282 g/mol. The smallest absolute Gasteiger partial charge is 0.341 e. The molecule has 0 aromatic carbocycles. The van der Waals surface area contributed by atoms with Gasteiger partial charge in [0.2, 0.25) is 5.91 Å². The van der Waals surface area contributed by atoms with Gasteiger partial charge in [-0.1, -0.05) is 0 Å². The highest BCUT2D eigenvalue weighted by molar-refractivity contribution is 5.89. The van der Waals surface area contributed by atoms with Crippen molar-refractivity contribution in [2.45, 2.75) is 45.8 Å². The second-order valence-corrected chi connectivity index (χ2v) is 5.64. The number of furan rings is 1. The minimum absolute atomic E-state index is 0.0859. The summed E-state index contributed by atoms with van der Waals surface area (Å²) in [5.41, 5.74) is 0.0894. The van der Waals surface area contributed by atoms with Crippen LogP contribution in [0, 0.1) is 0 Å². The van der Waals surface area contributed by atoms with Crippen LogP contribution >= 0.6 is 0 Å². The SMILES string of the molecule is COC(=O)c1coc(CNC(C)C(=O)NC(C)(C)C)c1. The number of nitrogens with one attached hydrogen (secondary N) is 2. The van der Waals surface area contributed by atoms with Gasteiger partial charge >= 0.3 is 5.97 Å². The molecule has 1 atom stereocenters. The topological polar surface area (TPSA) is 80.6 Å². The zero-order chi connectivity index (χ0) is 15.3. The first-order valence-electron chi connectivity index (χ1n) is 6.44. The number of hydrogen-bond acceptors (Lipinski definition) is 5. The lowest BCUT2D eigenvalue weighted by Gasteiger charge is -2.23. The molecule has 1 amide bonds. The van der Waals surface area contributed by atoms with Crippen LogP contribution in [0.4, 0.5) is 0 Å². The van der Waals surface area contributed by atoms with E-state index in [0.29, 0.717) is 17.9 Å². The molecule has 6 heteroatoms. The van der Waals surface area contributed by atoms with E-state index in [1.165, 1.54) is 13.4 Å². The summed E-state index contributed by atoms with van der Waals surface area (Å²) in [6, 6.07) is 1.23. The molecule has 0 spiro atoms. The summed E-state index contributed by atoms with van der Waals surface area (Å²) in [5.74, 6) is 0.0385. The van der Waals surface area contributed by atoms with Crippen molar-refractivity contribution in [3.63, 3.8) is 0 Å². The van der Waals surface area contributed by atoms with Crippen LogP contribution < -0.4 is 10.6 Å². The van der Waals surface area contributed by atoms with Crippen LogP contribution in [0.25, 0.3) is 0 Å². The van der Waals surface area contributed by atoms with Crippen molar-refractivity contribution < 1.29 is 18.7 Å². The number of ether oxygens (including phenoxy) is 1. The molecule has 20 heavy (non-hydrogen) atoms. The van der Waals surface area contributed by atoms with E-state index in [1.54, 1.807) is 13.0 Å². The predicted octanol–water partition coefficient (Wildman–Crippen LogP) is 1.46. The monoisotopic (exact) mass is 282 g/mol. The molecule has 0 radical (unpaired) electrons. The van der Waals surface area contributed by atoms with Crippen LogP contribution in [0.3, 0.4) is 0 Å². The molecule has 0 saturated carbocycles. The van der Waals surface area contributed by atoms with Crippen molar-refractivity contribution in [2.24, 2.45) is 0 Å². The third-order valence-corrected chi connectivity index (χ3v) is 2.55. The predicted molar refractivity (Wildman–Crippen MR) is 74.2 cm³/mol. The summed E-state index contributed by atoms with van der Waals surface area (Å²) < 4.78 is 9.81. The summed E-state index contributed by atoms with van der Waals surface area (Å²) in [7, 11) is 1.31. The van der Waals surface area contributed by atoms with Gasteiger partial charge in [0.15, 0.2) is 0 Å². The van der Waals surface area contributed by atoms with E-state index in [2.05, 4.69) is 15.4 Å². The lowest BCUT2D eigenvalue weighted by Crippen LogP contribution is -2.49. The van der Waals surface area contributed by atoms with E-state index in [9.17, 15) is 9.59 Å². The molecule has 6 nitrogen and oxygen atoms in total. The Morgan fingerprint density at radius 1 is 1.40 bits per heavy atom. The van der Waals surface area contributed by atoms with Crippen LogP contribution in [0.15, 0.2) is 16.7 Å². The summed E-state index contributed by atoms with van der Waals surface area (Å²) in [5, 5.41) is 5.92. The van der Waals surface area contributed by atoms with E-state index in [-0.39, 0.29) is 17.5 Å². The van der Waals surface area contributed by atoms with Crippen LogP contribution in [0.2, 0.25) is 0 Å². The van der Waals surface area contributed by atoms with Gasteiger partial charge in [-0.3, -0.25) is 10.1 Å². The Hall–Kier alpha value is -1.82. The highest BCUT2D eigenvalue weighted by Gasteiger charge is 2.19. The number of rotatable bonds is 5. The van der Waals surface area contributed by atoms with Gasteiger partial charge in [0.25, 0.3) is 0 Å². The molecule has 0 saturated heterocycles. The van der Waals surface area contributed by atoms with Gasteiger partial charge < -0.3 is 14.5 Å². The number of carbonyl (C=O) groups is 2. The Morgan fingerprint density at radius 2 is 2.05 bits per heavy atom. The quantitative estimate of drug-likeness (QED) is 0.799. The minimum atomic E-state index is -0.446. The van der Waals surface area contributed by atoms with Gasteiger partial charge in [0.05, 0.1) is 25.3 Å². The molecule has 0 aliphatic heterocycles. The van der Waals surface area contributed by atoms with Crippen molar-refractivity contribution in [3.8, 4) is 0 Å². The summed E-state index contributed by atoms with van der Waals surface area (Å²) >= 11 is 0. The van der Waals surface area contributed by atoms with E-state index < -0.39 is 5.97 Å². The lowest BCUT2D eigenvalue weighted by molar-refractivity contribution is -0.124. The normalized spacial score (nSPS) is 12.8. The fourth-order valence-corrected chi connectivity index (χ4v) is 1.52. The Morgan fingerprint density at radius 3 is 2.60 bits per heavy atom. The molecule has 1 aromatic heterocycles. The zero-order valence-electron chi connectivity index (χ0n) is 12.6. The van der Waals surface area contributed by atoms with Gasteiger partial charge in [0, 0.05) is 5.54 Å². The molecule has 0 fully saturated rings. The van der Waals surface area contributed by atoms with Gasteiger partial charge in [-0.25, -0.2) is 4.79 Å². The highest BCUT2D eigenvalue weighted by Crippen LogP contribution is 2.09. The summed E-state index contributed by atoms with van der Waals surface area (Å²) in [6.07, 6.45) is 1.34. The molecule has 1 rings (SSSR count). The first-order valence-corrected chi connectivity index (χ1v) is 6.44. The standard InChI is InChI=1S/C14H22N2O4/c1-9(12(17)16-14(2,3)4)15-7-11-6-10(8-20-11)13(18)19-5/h6,8-9,15H,7H2,1-5H3,(H,16,17). The van der Waals surface area contributed by atoms with Gasteiger partial charge in [0.1, 0.15) is 12.0 Å². The first-order chi connectivity index (χ1) is 9.23. The Bertz CT molecular complexity index is 474. The fourth-order valence-electron chi connectivity index (χ4n) is 1.52. The number of esters is 1. The zero-order valence-corrected chi connectivity index (χ0v) is 12.6. The Balaban J connectivity index is 2.48. The maximum Gasteiger partial charge on any atom is 0.341 e. The molecule has 1 aromatic rings. The lowest BCUT2D eigenvalue weighted by atomic mass is 10.1. The van der Waals surface area contributed by atoms with Gasteiger partial charge in [-0.05, 0) is 33.8 Å². The summed E-state index contributed by atoms with van der Waals surface area (Å²) in [6.45, 7) is 7.90. The minimum Gasteiger partial charge on any atom is -0.467 e. The maximum atomic E-state index is 11.9. The fraction of sp³-hybridized carbons (Fsp3) is 0.571. The van der Waals surface area contributed by atoms with E-state index in [4.69, 9.17) is 4.42 Å². The summed E-state index contributed by atoms with van der Waals surface area (Å²) in [4.78, 5) is 23.1. The van der Waals surface area contributed by atoms with Crippen LogP contribution in [-0.2, 0) is 16.1 Å². The second-order valence-electron chi connectivity index (χ2n) is 5.64. The van der Waals surface area contributed by atoms with E-state index in [0.717, 1.165) is 0 Å². The average Bonchev–Trinajstić information content (AvgIpc) is 2.81. The van der Waals surface area contributed by atoms with Gasteiger partial charge in [-0.15, -0.1) is 0 Å². The molecular weight excluding hydrogens is 260 g/mol. The van der Waals surface area contributed by atoms with Crippen molar-refractivity contribution in [2.75, 3.05) is 7.11 Å². The number of carbonyl (C=O) groups excluding carboxylic acids is 2.